The zero-order valence-corrected chi connectivity index (χ0v) is 14.6. The lowest BCUT2D eigenvalue weighted by atomic mass is 10.2. The number of anilines is 1. The lowest BCUT2D eigenvalue weighted by molar-refractivity contribution is -0.126. The monoisotopic (exact) mass is 366 g/mol. The summed E-state index contributed by atoms with van der Waals surface area (Å²) in [5.74, 6) is 0.133. The number of halogens is 2. The summed E-state index contributed by atoms with van der Waals surface area (Å²) < 4.78 is 5.17. The van der Waals surface area contributed by atoms with Crippen LogP contribution in [0.4, 0.5) is 5.69 Å². The molecule has 0 aliphatic heterocycles. The Hall–Kier alpha value is -2.24. The zero-order valence-electron chi connectivity index (χ0n) is 13.1. The molecule has 0 heterocycles. The maximum absolute atomic E-state index is 12.2. The summed E-state index contributed by atoms with van der Waals surface area (Å²) in [6.45, 7) is 1.59. The molecule has 2 aromatic rings. The van der Waals surface area contributed by atoms with Crippen LogP contribution in [0.1, 0.15) is 12.5 Å². The van der Waals surface area contributed by atoms with E-state index in [-0.39, 0.29) is 5.91 Å². The molecule has 0 aliphatic carbocycles. The lowest BCUT2D eigenvalue weighted by Gasteiger charge is -2.13. The topological polar surface area (TPSA) is 59.9 Å². The Morgan fingerprint density at radius 1 is 1.17 bits per heavy atom. The van der Waals surface area contributed by atoms with E-state index in [1.54, 1.807) is 49.4 Å². The molecule has 2 rings (SSSR count). The van der Waals surface area contributed by atoms with Gasteiger partial charge < -0.3 is 14.9 Å². The SMILES string of the molecule is COc1ccc(Cl)cc1NC(=O)[C@@H](C)O/N=C\c1ccc(Cl)cc1. The van der Waals surface area contributed by atoms with Crippen molar-refractivity contribution in [3.05, 3.63) is 58.1 Å². The molecule has 0 saturated heterocycles. The molecule has 0 bridgehead atoms. The summed E-state index contributed by atoms with van der Waals surface area (Å²) >= 11 is 11.7. The van der Waals surface area contributed by atoms with E-state index in [9.17, 15) is 4.79 Å². The van der Waals surface area contributed by atoms with Gasteiger partial charge in [0.25, 0.3) is 5.91 Å². The van der Waals surface area contributed by atoms with Crippen molar-refractivity contribution in [1.29, 1.82) is 0 Å². The summed E-state index contributed by atoms with van der Waals surface area (Å²) in [6.07, 6.45) is 0.706. The second-order valence-electron chi connectivity index (χ2n) is 4.87. The van der Waals surface area contributed by atoms with E-state index >= 15 is 0 Å². The lowest BCUT2D eigenvalue weighted by Crippen LogP contribution is -2.26. The minimum atomic E-state index is -0.794. The summed E-state index contributed by atoms with van der Waals surface area (Å²) in [7, 11) is 1.51. The predicted molar refractivity (Wildman–Crippen MR) is 96.2 cm³/mol. The molecule has 1 atom stereocenters. The molecule has 1 N–H and O–H groups in total. The van der Waals surface area contributed by atoms with Gasteiger partial charge in [-0.3, -0.25) is 4.79 Å². The summed E-state index contributed by atoms with van der Waals surface area (Å²) in [5, 5.41) is 7.62. The number of hydrogen-bond acceptors (Lipinski definition) is 4. The number of hydrogen-bond donors (Lipinski definition) is 1. The fraction of sp³-hybridized carbons (Fsp3) is 0.176. The average Bonchev–Trinajstić information content (AvgIpc) is 2.56. The molecule has 126 valence electrons. The van der Waals surface area contributed by atoms with Gasteiger partial charge in [0.1, 0.15) is 5.75 Å². The van der Waals surface area contributed by atoms with Gasteiger partial charge >= 0.3 is 0 Å². The van der Waals surface area contributed by atoms with Gasteiger partial charge in [-0.15, -0.1) is 0 Å². The third-order valence-corrected chi connectivity index (χ3v) is 3.57. The van der Waals surface area contributed by atoms with Crippen molar-refractivity contribution >= 4 is 41.0 Å². The highest BCUT2D eigenvalue weighted by molar-refractivity contribution is 6.31. The van der Waals surface area contributed by atoms with E-state index in [0.717, 1.165) is 5.56 Å². The van der Waals surface area contributed by atoms with Gasteiger partial charge in [-0.1, -0.05) is 40.5 Å². The number of carbonyl (C=O) groups excluding carboxylic acids is 1. The number of oxime groups is 1. The molecule has 7 heteroatoms. The summed E-state index contributed by atoms with van der Waals surface area (Å²) in [4.78, 5) is 17.3. The van der Waals surface area contributed by atoms with E-state index in [1.807, 2.05) is 0 Å². The normalized spacial score (nSPS) is 12.0. The van der Waals surface area contributed by atoms with Crippen LogP contribution in [-0.2, 0) is 9.63 Å². The van der Waals surface area contributed by atoms with Gasteiger partial charge in [-0.25, -0.2) is 0 Å². The molecule has 0 aromatic heterocycles. The number of amides is 1. The summed E-state index contributed by atoms with van der Waals surface area (Å²) in [6, 6.07) is 12.0. The van der Waals surface area contributed by atoms with Gasteiger partial charge in [0.15, 0.2) is 0 Å². The molecule has 0 fully saturated rings. The molecule has 2 aromatic carbocycles. The van der Waals surface area contributed by atoms with Crippen LogP contribution >= 0.6 is 23.2 Å². The van der Waals surface area contributed by atoms with Crippen LogP contribution in [0.25, 0.3) is 0 Å². The second-order valence-corrected chi connectivity index (χ2v) is 5.74. The highest BCUT2D eigenvalue weighted by atomic mass is 35.5. The first-order chi connectivity index (χ1) is 11.5. The van der Waals surface area contributed by atoms with E-state index in [2.05, 4.69) is 10.5 Å². The minimum Gasteiger partial charge on any atom is -0.495 e. The van der Waals surface area contributed by atoms with Gasteiger partial charge in [0.2, 0.25) is 6.10 Å². The Labute approximate surface area is 150 Å². The van der Waals surface area contributed by atoms with Crippen molar-refractivity contribution in [1.82, 2.24) is 0 Å². The molecule has 5 nitrogen and oxygen atoms in total. The van der Waals surface area contributed by atoms with Crippen LogP contribution in [0.2, 0.25) is 10.0 Å². The van der Waals surface area contributed by atoms with Crippen molar-refractivity contribution in [2.45, 2.75) is 13.0 Å². The van der Waals surface area contributed by atoms with Crippen LogP contribution < -0.4 is 10.1 Å². The maximum atomic E-state index is 12.2. The number of ether oxygens (including phenoxy) is 1. The van der Waals surface area contributed by atoms with Crippen LogP contribution in [0, 0.1) is 0 Å². The predicted octanol–water partition coefficient (Wildman–Crippen LogP) is 4.38. The molecule has 1 amide bonds. The highest BCUT2D eigenvalue weighted by Gasteiger charge is 2.16. The Bertz CT molecular complexity index is 733. The van der Waals surface area contributed by atoms with Crippen molar-refractivity contribution < 1.29 is 14.4 Å². The smallest absolute Gasteiger partial charge is 0.268 e. The summed E-state index contributed by atoms with van der Waals surface area (Å²) in [5.41, 5.74) is 1.27. The third kappa shape index (κ3) is 5.15. The minimum absolute atomic E-state index is 0.371. The quantitative estimate of drug-likeness (QED) is 0.609. The molecule has 0 spiro atoms. The highest BCUT2D eigenvalue weighted by Crippen LogP contribution is 2.27. The van der Waals surface area contributed by atoms with Crippen LogP contribution in [0.3, 0.4) is 0 Å². The maximum Gasteiger partial charge on any atom is 0.268 e. The van der Waals surface area contributed by atoms with Crippen LogP contribution in [0.5, 0.6) is 5.75 Å². The van der Waals surface area contributed by atoms with Crippen molar-refractivity contribution in [2.75, 3.05) is 12.4 Å². The van der Waals surface area contributed by atoms with Crippen molar-refractivity contribution in [3.63, 3.8) is 0 Å². The molecule has 0 radical (unpaired) electrons. The molecule has 24 heavy (non-hydrogen) atoms. The number of benzene rings is 2. The Morgan fingerprint density at radius 3 is 2.50 bits per heavy atom. The molecule has 0 saturated carbocycles. The van der Waals surface area contributed by atoms with E-state index < -0.39 is 6.10 Å². The van der Waals surface area contributed by atoms with E-state index in [1.165, 1.54) is 13.3 Å². The van der Waals surface area contributed by atoms with Gasteiger partial charge in [0.05, 0.1) is 19.0 Å². The van der Waals surface area contributed by atoms with E-state index in [0.29, 0.717) is 21.5 Å². The third-order valence-electron chi connectivity index (χ3n) is 3.08. The molecular weight excluding hydrogens is 351 g/mol. The van der Waals surface area contributed by atoms with Crippen molar-refractivity contribution in [3.8, 4) is 5.75 Å². The zero-order chi connectivity index (χ0) is 17.5. The molecular formula is C17H16Cl2N2O3. The first kappa shape index (κ1) is 18.1. The number of nitrogens with zero attached hydrogens (tertiary/aromatic N) is 1. The second kappa shape index (κ2) is 8.57. The Morgan fingerprint density at radius 2 is 1.83 bits per heavy atom. The van der Waals surface area contributed by atoms with E-state index in [4.69, 9.17) is 32.8 Å². The van der Waals surface area contributed by atoms with Gasteiger partial charge in [-0.05, 0) is 42.8 Å². The Balaban J connectivity index is 1.95. The van der Waals surface area contributed by atoms with Crippen LogP contribution in [0.15, 0.2) is 47.6 Å². The first-order valence-corrected chi connectivity index (χ1v) is 7.84. The van der Waals surface area contributed by atoms with Crippen LogP contribution in [-0.4, -0.2) is 25.3 Å². The first-order valence-electron chi connectivity index (χ1n) is 7.09. The standard InChI is InChI=1S/C17H16Cl2N2O3/c1-11(24-20-10-12-3-5-13(18)6-4-12)17(22)21-15-9-14(19)7-8-16(15)23-2/h3-11H,1-2H3,(H,21,22)/b20-10-/t11-/m1/s1. The fourth-order valence-electron chi connectivity index (χ4n) is 1.79. The Kier molecular flexibility index (Phi) is 6.46. The fourth-order valence-corrected chi connectivity index (χ4v) is 2.09. The van der Waals surface area contributed by atoms with Gasteiger partial charge in [0, 0.05) is 10.0 Å². The number of rotatable bonds is 6. The molecule has 0 unspecified atom stereocenters. The number of carbonyl (C=O) groups is 1. The number of nitrogens with one attached hydrogen (secondary N) is 1. The van der Waals surface area contributed by atoms with Gasteiger partial charge in [-0.2, -0.15) is 0 Å². The average molecular weight is 367 g/mol. The largest absolute Gasteiger partial charge is 0.495 e. The number of methoxy groups -OCH3 is 1. The van der Waals surface area contributed by atoms with Crippen molar-refractivity contribution in [2.24, 2.45) is 5.16 Å². The molecule has 0 aliphatic rings.